The molecule has 2 aliphatic heterocycles. The number of fused-ring (bicyclic) bond motifs is 2. The number of morpholine rings is 2. The molecule has 0 aliphatic carbocycles. The molecular formula is C23H23Cl2FN4O4. The van der Waals surface area contributed by atoms with Crippen molar-refractivity contribution in [1.29, 1.82) is 0 Å². The monoisotopic (exact) mass is 508 g/mol. The molecular weight excluding hydrogens is 486 g/mol. The quantitative estimate of drug-likeness (QED) is 0.493. The molecule has 5 rings (SSSR count). The van der Waals surface area contributed by atoms with Gasteiger partial charge in [0.25, 0.3) is 0 Å². The van der Waals surface area contributed by atoms with Crippen LogP contribution >= 0.6 is 23.2 Å². The minimum Gasteiger partial charge on any atom is -0.493 e. The van der Waals surface area contributed by atoms with Crippen LogP contribution in [0, 0.1) is 5.82 Å². The number of aromatic nitrogens is 2. The summed E-state index contributed by atoms with van der Waals surface area (Å²) in [6, 6.07) is 6.84. The van der Waals surface area contributed by atoms with E-state index in [2.05, 4.69) is 20.2 Å². The average molecular weight is 509 g/mol. The summed E-state index contributed by atoms with van der Waals surface area (Å²) in [6.45, 7) is 4.12. The van der Waals surface area contributed by atoms with E-state index in [0.717, 1.165) is 19.7 Å². The van der Waals surface area contributed by atoms with E-state index in [1.807, 2.05) is 0 Å². The van der Waals surface area contributed by atoms with Crippen molar-refractivity contribution in [2.45, 2.75) is 12.1 Å². The van der Waals surface area contributed by atoms with Gasteiger partial charge in [0.15, 0.2) is 17.3 Å². The lowest BCUT2D eigenvalue weighted by atomic mass is 10.1. The van der Waals surface area contributed by atoms with Crippen LogP contribution in [0.4, 0.5) is 15.9 Å². The van der Waals surface area contributed by atoms with Gasteiger partial charge in [-0.05, 0) is 18.2 Å². The molecule has 0 saturated carbocycles. The Bertz CT molecular complexity index is 1200. The molecule has 180 valence electrons. The maximum atomic E-state index is 14.5. The van der Waals surface area contributed by atoms with Crippen molar-refractivity contribution in [3.63, 3.8) is 0 Å². The van der Waals surface area contributed by atoms with Crippen LogP contribution in [0.15, 0.2) is 30.6 Å². The Morgan fingerprint density at radius 1 is 1.21 bits per heavy atom. The average Bonchev–Trinajstić information content (AvgIpc) is 2.87. The molecule has 2 saturated heterocycles. The highest BCUT2D eigenvalue weighted by Gasteiger charge is 2.31. The summed E-state index contributed by atoms with van der Waals surface area (Å²) in [5, 5.41) is 3.56. The number of nitrogens with zero attached hydrogens (tertiary/aromatic N) is 3. The lowest BCUT2D eigenvalue weighted by Gasteiger charge is -2.41. The summed E-state index contributed by atoms with van der Waals surface area (Å²) in [4.78, 5) is 11.0. The minimum atomic E-state index is -0.664. The number of hydrogen-bond donors (Lipinski definition) is 1. The summed E-state index contributed by atoms with van der Waals surface area (Å²) in [5.41, 5.74) is 0.746. The highest BCUT2D eigenvalue weighted by atomic mass is 35.5. The Morgan fingerprint density at radius 3 is 2.94 bits per heavy atom. The molecule has 3 aromatic rings. The van der Waals surface area contributed by atoms with Crippen molar-refractivity contribution in [3.05, 3.63) is 46.5 Å². The first kappa shape index (κ1) is 23.3. The van der Waals surface area contributed by atoms with Crippen molar-refractivity contribution in [2.75, 3.05) is 51.9 Å². The van der Waals surface area contributed by atoms with Gasteiger partial charge in [-0.3, -0.25) is 4.90 Å². The van der Waals surface area contributed by atoms with E-state index < -0.39 is 5.82 Å². The van der Waals surface area contributed by atoms with Crippen LogP contribution in [0.2, 0.25) is 10.0 Å². The third-order valence-corrected chi connectivity index (χ3v) is 6.73. The van der Waals surface area contributed by atoms with Crippen LogP contribution in [-0.2, 0) is 9.47 Å². The fraction of sp³-hybridized carbons (Fsp3) is 0.391. The van der Waals surface area contributed by atoms with Crippen LogP contribution in [0.5, 0.6) is 11.5 Å². The zero-order valence-electron chi connectivity index (χ0n) is 18.4. The molecule has 1 aromatic heterocycles. The molecule has 2 fully saturated rings. The first-order valence-electron chi connectivity index (χ1n) is 10.8. The Balaban J connectivity index is 1.36. The maximum absolute atomic E-state index is 14.5. The standard InChI is InChI=1S/C23H23Cl2FN4O4/c1-31-19-6-15-18(27-12-28-23(15)29-17-3-2-16(24)21(25)22(17)26)7-20(19)34-11-14-8-30-4-5-32-9-13(30)10-33-14/h2-3,6-7,12-14H,4-5,8-11H2,1H3,(H,27,28,29). The van der Waals surface area contributed by atoms with Crippen LogP contribution in [0.1, 0.15) is 0 Å². The van der Waals surface area contributed by atoms with Crippen molar-refractivity contribution in [3.8, 4) is 11.5 Å². The van der Waals surface area contributed by atoms with E-state index in [4.69, 9.17) is 42.1 Å². The minimum absolute atomic E-state index is 0.0602. The molecule has 0 spiro atoms. The number of benzene rings is 2. The summed E-state index contributed by atoms with van der Waals surface area (Å²) in [7, 11) is 1.55. The molecule has 8 nitrogen and oxygen atoms in total. The van der Waals surface area contributed by atoms with Gasteiger partial charge in [-0.1, -0.05) is 23.2 Å². The Hall–Kier alpha value is -2.43. The molecule has 11 heteroatoms. The second-order valence-electron chi connectivity index (χ2n) is 8.08. The molecule has 34 heavy (non-hydrogen) atoms. The Labute approximate surface area is 205 Å². The van der Waals surface area contributed by atoms with Crippen LogP contribution in [0.25, 0.3) is 10.9 Å². The van der Waals surface area contributed by atoms with Gasteiger partial charge < -0.3 is 24.3 Å². The van der Waals surface area contributed by atoms with Gasteiger partial charge in [-0.2, -0.15) is 0 Å². The van der Waals surface area contributed by atoms with Crippen LogP contribution in [-0.4, -0.2) is 73.6 Å². The number of anilines is 2. The third-order valence-electron chi connectivity index (χ3n) is 5.95. The molecule has 0 amide bonds. The fourth-order valence-electron chi connectivity index (χ4n) is 4.11. The van der Waals surface area contributed by atoms with Gasteiger partial charge in [0, 0.05) is 24.5 Å². The number of halogens is 3. The smallest absolute Gasteiger partial charge is 0.166 e. The summed E-state index contributed by atoms with van der Waals surface area (Å²) in [6.07, 6.45) is 1.33. The first-order valence-corrected chi connectivity index (χ1v) is 11.6. The molecule has 2 atom stereocenters. The topological polar surface area (TPSA) is 78.0 Å². The van der Waals surface area contributed by atoms with Crippen molar-refractivity contribution < 1.29 is 23.3 Å². The van der Waals surface area contributed by atoms with Gasteiger partial charge in [-0.25, -0.2) is 14.4 Å². The van der Waals surface area contributed by atoms with Crippen LogP contribution < -0.4 is 14.8 Å². The van der Waals surface area contributed by atoms with Gasteiger partial charge in [-0.15, -0.1) is 0 Å². The normalized spacial score (nSPS) is 20.7. The number of methoxy groups -OCH3 is 1. The Morgan fingerprint density at radius 2 is 2.09 bits per heavy atom. The second kappa shape index (κ2) is 10.1. The SMILES string of the molecule is COc1cc2c(Nc3ccc(Cl)c(Cl)c3F)ncnc2cc1OCC1CN2CCOCC2CO1. The van der Waals surface area contributed by atoms with Crippen molar-refractivity contribution in [2.24, 2.45) is 0 Å². The number of nitrogens with one attached hydrogen (secondary N) is 1. The lowest BCUT2D eigenvalue weighted by Crippen LogP contribution is -2.56. The molecule has 2 aromatic carbocycles. The fourth-order valence-corrected chi connectivity index (χ4v) is 4.42. The van der Waals surface area contributed by atoms with Gasteiger partial charge in [0.05, 0.1) is 54.2 Å². The third kappa shape index (κ3) is 4.71. The maximum Gasteiger partial charge on any atom is 0.166 e. The summed E-state index contributed by atoms with van der Waals surface area (Å²) in [5.74, 6) is 0.761. The number of rotatable bonds is 6. The Kier molecular flexibility index (Phi) is 6.89. The molecule has 0 bridgehead atoms. The predicted molar refractivity (Wildman–Crippen MR) is 127 cm³/mol. The van der Waals surface area contributed by atoms with E-state index in [0.29, 0.717) is 54.1 Å². The number of hydrogen-bond acceptors (Lipinski definition) is 8. The van der Waals surface area contributed by atoms with Crippen molar-refractivity contribution in [1.82, 2.24) is 14.9 Å². The van der Waals surface area contributed by atoms with Gasteiger partial charge in [0.1, 0.15) is 24.9 Å². The highest BCUT2D eigenvalue weighted by molar-refractivity contribution is 6.42. The van der Waals surface area contributed by atoms with Gasteiger partial charge in [0.2, 0.25) is 0 Å². The van der Waals surface area contributed by atoms with E-state index in [-0.39, 0.29) is 21.8 Å². The number of ether oxygens (including phenoxy) is 4. The molecule has 1 N–H and O–H groups in total. The van der Waals surface area contributed by atoms with E-state index in [9.17, 15) is 4.39 Å². The van der Waals surface area contributed by atoms with Crippen molar-refractivity contribution >= 4 is 45.6 Å². The lowest BCUT2D eigenvalue weighted by molar-refractivity contribution is -0.124. The molecule has 3 heterocycles. The zero-order chi connectivity index (χ0) is 23.7. The largest absolute Gasteiger partial charge is 0.493 e. The summed E-state index contributed by atoms with van der Waals surface area (Å²) < 4.78 is 37.7. The first-order chi connectivity index (χ1) is 16.5. The van der Waals surface area contributed by atoms with Gasteiger partial charge >= 0.3 is 0 Å². The van der Waals surface area contributed by atoms with E-state index >= 15 is 0 Å². The molecule has 2 unspecified atom stereocenters. The zero-order valence-corrected chi connectivity index (χ0v) is 19.9. The predicted octanol–water partition coefficient (Wildman–Crippen LogP) is 4.31. The molecule has 0 radical (unpaired) electrons. The van der Waals surface area contributed by atoms with E-state index in [1.165, 1.54) is 18.5 Å². The highest BCUT2D eigenvalue weighted by Crippen LogP contribution is 2.36. The second-order valence-corrected chi connectivity index (χ2v) is 8.87. The summed E-state index contributed by atoms with van der Waals surface area (Å²) >= 11 is 11.8. The van der Waals surface area contributed by atoms with E-state index in [1.54, 1.807) is 19.2 Å². The van der Waals surface area contributed by atoms with Crippen LogP contribution in [0.3, 0.4) is 0 Å². The molecule has 2 aliphatic rings.